The zero-order valence-corrected chi connectivity index (χ0v) is 7.96. The topological polar surface area (TPSA) is 25.2 Å². The third-order valence-electron chi connectivity index (χ3n) is 2.78. The van der Waals surface area contributed by atoms with Gasteiger partial charge in [-0.25, -0.2) is 0 Å². The van der Waals surface area contributed by atoms with E-state index in [2.05, 4.69) is 5.32 Å². The Kier molecular flexibility index (Phi) is 3.03. The van der Waals surface area contributed by atoms with Crippen molar-refractivity contribution in [3.8, 4) is 0 Å². The van der Waals surface area contributed by atoms with E-state index in [1.165, 1.54) is 37.7 Å². The van der Waals surface area contributed by atoms with Gasteiger partial charge in [0.1, 0.15) is 0 Å². The van der Waals surface area contributed by atoms with Crippen LogP contribution in [0.2, 0.25) is 0 Å². The van der Waals surface area contributed by atoms with Gasteiger partial charge in [0.25, 0.3) is 0 Å². The minimum Gasteiger partial charge on any atom is -0.472 e. The zero-order chi connectivity index (χ0) is 8.93. The summed E-state index contributed by atoms with van der Waals surface area (Å²) >= 11 is 0. The Balaban J connectivity index is 1.72. The van der Waals surface area contributed by atoms with Gasteiger partial charge in [-0.2, -0.15) is 0 Å². The maximum Gasteiger partial charge on any atom is 0.0947 e. The molecule has 1 aromatic rings. The molecule has 1 aliphatic rings. The lowest BCUT2D eigenvalue weighted by Gasteiger charge is -2.22. The lowest BCUT2D eigenvalue weighted by atomic mass is 9.95. The summed E-state index contributed by atoms with van der Waals surface area (Å²) in [7, 11) is 0. The van der Waals surface area contributed by atoms with E-state index in [9.17, 15) is 0 Å². The van der Waals surface area contributed by atoms with Crippen molar-refractivity contribution in [1.82, 2.24) is 5.32 Å². The Labute approximate surface area is 79.3 Å². The van der Waals surface area contributed by atoms with Gasteiger partial charge in [0.2, 0.25) is 0 Å². The molecule has 72 valence electrons. The van der Waals surface area contributed by atoms with Crippen LogP contribution in [-0.4, -0.2) is 6.04 Å². The lowest BCUT2D eigenvalue weighted by molar-refractivity contribution is 0.372. The Morgan fingerprint density at radius 2 is 2.15 bits per heavy atom. The third kappa shape index (κ3) is 2.59. The van der Waals surface area contributed by atoms with Crippen molar-refractivity contribution in [3.63, 3.8) is 0 Å². The second-order valence-corrected chi connectivity index (χ2v) is 3.85. The van der Waals surface area contributed by atoms with Crippen molar-refractivity contribution in [2.45, 2.75) is 44.7 Å². The van der Waals surface area contributed by atoms with Gasteiger partial charge in [-0.15, -0.1) is 0 Å². The molecule has 0 radical (unpaired) electrons. The summed E-state index contributed by atoms with van der Waals surface area (Å²) in [5.74, 6) is 0. The molecule has 0 aromatic carbocycles. The molecule has 0 bridgehead atoms. The number of hydrogen-bond acceptors (Lipinski definition) is 2. The molecule has 0 spiro atoms. The fraction of sp³-hybridized carbons (Fsp3) is 0.636. The van der Waals surface area contributed by atoms with E-state index < -0.39 is 0 Å². The van der Waals surface area contributed by atoms with Crippen LogP contribution in [0.1, 0.15) is 37.7 Å². The molecule has 2 rings (SSSR count). The van der Waals surface area contributed by atoms with Crippen LogP contribution in [0.4, 0.5) is 0 Å². The van der Waals surface area contributed by atoms with Crippen molar-refractivity contribution in [3.05, 3.63) is 24.2 Å². The fourth-order valence-corrected chi connectivity index (χ4v) is 1.96. The maximum absolute atomic E-state index is 5.01. The van der Waals surface area contributed by atoms with Crippen LogP contribution >= 0.6 is 0 Å². The minimum absolute atomic E-state index is 0.739. The first-order chi connectivity index (χ1) is 6.45. The molecular weight excluding hydrogens is 162 g/mol. The van der Waals surface area contributed by atoms with E-state index in [0.717, 1.165) is 12.6 Å². The molecule has 0 aliphatic heterocycles. The molecule has 0 atom stereocenters. The monoisotopic (exact) mass is 179 g/mol. The molecule has 0 unspecified atom stereocenters. The summed E-state index contributed by atoms with van der Waals surface area (Å²) in [5.41, 5.74) is 1.26. The van der Waals surface area contributed by atoms with Crippen LogP contribution in [0.3, 0.4) is 0 Å². The molecular formula is C11H17NO. The van der Waals surface area contributed by atoms with E-state index in [-0.39, 0.29) is 0 Å². The van der Waals surface area contributed by atoms with Gasteiger partial charge in [0.05, 0.1) is 12.5 Å². The molecule has 1 saturated carbocycles. The van der Waals surface area contributed by atoms with E-state index in [0.29, 0.717) is 0 Å². The van der Waals surface area contributed by atoms with Crippen molar-refractivity contribution in [2.75, 3.05) is 0 Å². The van der Waals surface area contributed by atoms with Crippen molar-refractivity contribution < 1.29 is 4.42 Å². The van der Waals surface area contributed by atoms with Crippen molar-refractivity contribution in [2.24, 2.45) is 0 Å². The average molecular weight is 179 g/mol. The van der Waals surface area contributed by atoms with Gasteiger partial charge in [-0.05, 0) is 18.9 Å². The van der Waals surface area contributed by atoms with Crippen LogP contribution in [0.15, 0.2) is 23.0 Å². The van der Waals surface area contributed by atoms with E-state index in [4.69, 9.17) is 4.42 Å². The molecule has 2 nitrogen and oxygen atoms in total. The number of furan rings is 1. The second-order valence-electron chi connectivity index (χ2n) is 3.85. The zero-order valence-electron chi connectivity index (χ0n) is 7.96. The maximum atomic E-state index is 5.01. The van der Waals surface area contributed by atoms with Gasteiger partial charge in [0, 0.05) is 18.2 Å². The molecule has 0 amide bonds. The summed E-state index contributed by atoms with van der Waals surface area (Å²) in [6.07, 6.45) is 10.4. The summed E-state index contributed by atoms with van der Waals surface area (Å²) in [6.45, 7) is 0.959. The molecule has 2 heteroatoms. The molecule has 1 heterocycles. The van der Waals surface area contributed by atoms with E-state index >= 15 is 0 Å². The van der Waals surface area contributed by atoms with Crippen LogP contribution in [0.5, 0.6) is 0 Å². The van der Waals surface area contributed by atoms with Gasteiger partial charge in [-0.1, -0.05) is 19.3 Å². The predicted octanol–water partition coefficient (Wildman–Crippen LogP) is 2.70. The van der Waals surface area contributed by atoms with Crippen LogP contribution in [-0.2, 0) is 6.54 Å². The Morgan fingerprint density at radius 3 is 2.85 bits per heavy atom. The highest BCUT2D eigenvalue weighted by Crippen LogP contribution is 2.17. The van der Waals surface area contributed by atoms with Crippen LogP contribution in [0.25, 0.3) is 0 Å². The largest absolute Gasteiger partial charge is 0.472 e. The van der Waals surface area contributed by atoms with Gasteiger partial charge in [-0.3, -0.25) is 0 Å². The first kappa shape index (κ1) is 8.82. The molecule has 1 aromatic heterocycles. The van der Waals surface area contributed by atoms with Crippen LogP contribution < -0.4 is 5.32 Å². The third-order valence-corrected chi connectivity index (χ3v) is 2.78. The van der Waals surface area contributed by atoms with Gasteiger partial charge in [0.15, 0.2) is 0 Å². The summed E-state index contributed by atoms with van der Waals surface area (Å²) in [4.78, 5) is 0. The van der Waals surface area contributed by atoms with Gasteiger partial charge >= 0.3 is 0 Å². The Hall–Kier alpha value is -0.760. The fourth-order valence-electron chi connectivity index (χ4n) is 1.96. The van der Waals surface area contributed by atoms with Gasteiger partial charge < -0.3 is 9.73 Å². The molecule has 1 aliphatic carbocycles. The first-order valence-corrected chi connectivity index (χ1v) is 5.19. The average Bonchev–Trinajstić information content (AvgIpc) is 2.69. The number of nitrogens with one attached hydrogen (secondary N) is 1. The first-order valence-electron chi connectivity index (χ1n) is 5.19. The minimum atomic E-state index is 0.739. The molecule has 1 N–H and O–H groups in total. The normalized spacial score (nSPS) is 19.1. The number of rotatable bonds is 3. The molecule has 13 heavy (non-hydrogen) atoms. The quantitative estimate of drug-likeness (QED) is 0.771. The Bertz CT molecular complexity index is 224. The second kappa shape index (κ2) is 4.47. The summed E-state index contributed by atoms with van der Waals surface area (Å²) in [6, 6.07) is 2.76. The number of hydrogen-bond donors (Lipinski definition) is 1. The predicted molar refractivity (Wildman–Crippen MR) is 52.4 cm³/mol. The highest BCUT2D eigenvalue weighted by molar-refractivity contribution is 5.04. The summed E-state index contributed by atoms with van der Waals surface area (Å²) < 4.78 is 5.01. The highest BCUT2D eigenvalue weighted by atomic mass is 16.3. The lowest BCUT2D eigenvalue weighted by Crippen LogP contribution is -2.30. The van der Waals surface area contributed by atoms with Crippen LogP contribution in [0, 0.1) is 0 Å². The Morgan fingerprint density at radius 1 is 1.31 bits per heavy atom. The van der Waals surface area contributed by atoms with E-state index in [1.807, 2.05) is 12.3 Å². The molecule has 1 fully saturated rings. The van der Waals surface area contributed by atoms with Crippen molar-refractivity contribution >= 4 is 0 Å². The summed E-state index contributed by atoms with van der Waals surface area (Å²) in [5, 5.41) is 3.56. The molecule has 0 saturated heterocycles. The smallest absolute Gasteiger partial charge is 0.0947 e. The highest BCUT2D eigenvalue weighted by Gasteiger charge is 2.12. The standard InChI is InChI=1S/C11H17NO/c1-2-4-11(5-3-1)12-8-10-6-7-13-9-10/h6-7,9,11-12H,1-5,8H2. The SMILES string of the molecule is c1cc(CNC2CCCCC2)co1. The van der Waals surface area contributed by atoms with Crippen molar-refractivity contribution in [1.29, 1.82) is 0 Å². The van der Waals surface area contributed by atoms with E-state index in [1.54, 1.807) is 6.26 Å².